The van der Waals surface area contributed by atoms with E-state index in [1.807, 2.05) is 36.4 Å². The van der Waals surface area contributed by atoms with E-state index in [0.29, 0.717) is 23.3 Å². The lowest BCUT2D eigenvalue weighted by Gasteiger charge is -2.09. The van der Waals surface area contributed by atoms with E-state index in [9.17, 15) is 9.90 Å². The Morgan fingerprint density at radius 2 is 1.58 bits per heavy atom. The standard InChI is InChI=1S/C22H16O4/c23-21-18-12-11-17(25-14-15-7-3-1-4-8-15)13-19(18)26-22(24)20(21)16-9-5-2-6-10-16/h1-13,23H,14H2. The van der Waals surface area contributed by atoms with Crippen LogP contribution in [0.15, 0.2) is 88.1 Å². The van der Waals surface area contributed by atoms with Gasteiger partial charge in [0, 0.05) is 6.07 Å². The Labute approximate surface area is 149 Å². The van der Waals surface area contributed by atoms with Crippen molar-refractivity contribution in [3.63, 3.8) is 0 Å². The Bertz CT molecular complexity index is 1100. The van der Waals surface area contributed by atoms with Crippen LogP contribution in [0.25, 0.3) is 22.1 Å². The average molecular weight is 344 g/mol. The molecule has 4 rings (SSSR count). The molecule has 0 spiro atoms. The molecule has 0 amide bonds. The summed E-state index contributed by atoms with van der Waals surface area (Å²) in [4.78, 5) is 12.4. The zero-order valence-electron chi connectivity index (χ0n) is 13.9. The van der Waals surface area contributed by atoms with Crippen LogP contribution in [0, 0.1) is 0 Å². The maximum Gasteiger partial charge on any atom is 0.347 e. The zero-order chi connectivity index (χ0) is 17.9. The predicted molar refractivity (Wildman–Crippen MR) is 100 cm³/mol. The van der Waals surface area contributed by atoms with E-state index in [1.54, 1.807) is 42.5 Å². The molecule has 0 bridgehead atoms. The van der Waals surface area contributed by atoms with Crippen molar-refractivity contribution in [1.82, 2.24) is 0 Å². The largest absolute Gasteiger partial charge is 0.506 e. The fourth-order valence-electron chi connectivity index (χ4n) is 2.86. The summed E-state index contributed by atoms with van der Waals surface area (Å²) in [5.74, 6) is 0.480. The lowest BCUT2D eigenvalue weighted by Crippen LogP contribution is -2.03. The zero-order valence-corrected chi connectivity index (χ0v) is 13.9. The normalized spacial score (nSPS) is 10.8. The smallest absolute Gasteiger partial charge is 0.347 e. The molecule has 0 fully saturated rings. The van der Waals surface area contributed by atoms with Crippen molar-refractivity contribution in [1.29, 1.82) is 0 Å². The van der Waals surface area contributed by atoms with Gasteiger partial charge in [0.2, 0.25) is 0 Å². The lowest BCUT2D eigenvalue weighted by molar-refractivity contribution is 0.306. The Kier molecular flexibility index (Phi) is 4.15. The predicted octanol–water partition coefficient (Wildman–Crippen LogP) is 4.74. The van der Waals surface area contributed by atoms with Gasteiger partial charge in [-0.3, -0.25) is 0 Å². The summed E-state index contributed by atoms with van der Waals surface area (Å²) in [6.07, 6.45) is 0. The van der Waals surface area contributed by atoms with Gasteiger partial charge in [0.25, 0.3) is 0 Å². The van der Waals surface area contributed by atoms with Crippen molar-refractivity contribution < 1.29 is 14.3 Å². The van der Waals surface area contributed by atoms with Gasteiger partial charge in [-0.25, -0.2) is 4.79 Å². The van der Waals surface area contributed by atoms with E-state index in [0.717, 1.165) is 5.56 Å². The molecule has 0 atom stereocenters. The Morgan fingerprint density at radius 3 is 2.31 bits per heavy atom. The van der Waals surface area contributed by atoms with Crippen molar-refractivity contribution in [3.05, 3.63) is 94.8 Å². The van der Waals surface area contributed by atoms with E-state index in [1.165, 1.54) is 0 Å². The molecule has 26 heavy (non-hydrogen) atoms. The number of hydrogen-bond donors (Lipinski definition) is 1. The van der Waals surface area contributed by atoms with Crippen LogP contribution in [0.2, 0.25) is 0 Å². The van der Waals surface area contributed by atoms with Gasteiger partial charge in [-0.1, -0.05) is 60.7 Å². The first-order valence-electron chi connectivity index (χ1n) is 8.24. The van der Waals surface area contributed by atoms with E-state index < -0.39 is 5.63 Å². The number of benzene rings is 3. The Morgan fingerprint density at radius 1 is 0.885 bits per heavy atom. The SMILES string of the molecule is O=c1oc2cc(OCc3ccccc3)ccc2c(O)c1-c1ccccc1. The topological polar surface area (TPSA) is 59.7 Å². The van der Waals surface area contributed by atoms with Gasteiger partial charge in [0.1, 0.15) is 29.3 Å². The van der Waals surface area contributed by atoms with E-state index in [4.69, 9.17) is 9.15 Å². The van der Waals surface area contributed by atoms with Crippen LogP contribution in [-0.2, 0) is 6.61 Å². The van der Waals surface area contributed by atoms with Crippen LogP contribution in [0.3, 0.4) is 0 Å². The number of hydrogen-bond acceptors (Lipinski definition) is 4. The highest BCUT2D eigenvalue weighted by atomic mass is 16.5. The van der Waals surface area contributed by atoms with Crippen molar-refractivity contribution in [2.45, 2.75) is 6.61 Å². The quantitative estimate of drug-likeness (QED) is 0.543. The first kappa shape index (κ1) is 16.0. The fourth-order valence-corrected chi connectivity index (χ4v) is 2.86. The highest BCUT2D eigenvalue weighted by Gasteiger charge is 2.16. The first-order valence-corrected chi connectivity index (χ1v) is 8.24. The van der Waals surface area contributed by atoms with Crippen molar-refractivity contribution in [2.75, 3.05) is 0 Å². The molecule has 0 saturated heterocycles. The average Bonchev–Trinajstić information content (AvgIpc) is 2.68. The minimum absolute atomic E-state index is 0.0861. The summed E-state index contributed by atoms with van der Waals surface area (Å²) in [5.41, 5.74) is 1.52. The molecular formula is C22H16O4. The van der Waals surface area contributed by atoms with Crippen molar-refractivity contribution in [2.24, 2.45) is 0 Å². The van der Waals surface area contributed by atoms with Gasteiger partial charge in [0.05, 0.1) is 5.39 Å². The van der Waals surface area contributed by atoms with Crippen LogP contribution < -0.4 is 10.4 Å². The second-order valence-corrected chi connectivity index (χ2v) is 5.91. The number of ether oxygens (including phenoxy) is 1. The molecule has 4 heteroatoms. The second kappa shape index (κ2) is 6.76. The monoisotopic (exact) mass is 344 g/mol. The molecule has 1 heterocycles. The molecule has 128 valence electrons. The third-order valence-electron chi connectivity index (χ3n) is 4.16. The molecule has 0 unspecified atom stereocenters. The van der Waals surface area contributed by atoms with Crippen LogP contribution in [-0.4, -0.2) is 5.11 Å². The summed E-state index contributed by atoms with van der Waals surface area (Å²) in [6, 6.07) is 23.8. The van der Waals surface area contributed by atoms with Gasteiger partial charge in [0.15, 0.2) is 0 Å². The molecule has 0 aliphatic heterocycles. The molecule has 0 aliphatic carbocycles. The summed E-state index contributed by atoms with van der Waals surface area (Å²) in [6.45, 7) is 0.407. The lowest BCUT2D eigenvalue weighted by atomic mass is 10.0. The molecule has 0 radical (unpaired) electrons. The third kappa shape index (κ3) is 3.05. The molecule has 4 aromatic rings. The van der Waals surface area contributed by atoms with Crippen molar-refractivity contribution in [3.8, 4) is 22.6 Å². The van der Waals surface area contributed by atoms with Crippen LogP contribution in [0.5, 0.6) is 11.5 Å². The summed E-state index contributed by atoms with van der Waals surface area (Å²) < 4.78 is 11.2. The molecule has 4 nitrogen and oxygen atoms in total. The fraction of sp³-hybridized carbons (Fsp3) is 0.0455. The van der Waals surface area contributed by atoms with E-state index in [-0.39, 0.29) is 16.9 Å². The van der Waals surface area contributed by atoms with Gasteiger partial charge in [-0.2, -0.15) is 0 Å². The molecule has 1 N–H and O–H groups in total. The summed E-state index contributed by atoms with van der Waals surface area (Å²) in [5, 5.41) is 11.0. The Balaban J connectivity index is 1.70. The highest BCUT2D eigenvalue weighted by Crippen LogP contribution is 2.34. The van der Waals surface area contributed by atoms with Crippen LogP contribution in [0.1, 0.15) is 5.56 Å². The van der Waals surface area contributed by atoms with Gasteiger partial charge < -0.3 is 14.3 Å². The minimum Gasteiger partial charge on any atom is -0.506 e. The minimum atomic E-state index is -0.582. The number of rotatable bonds is 4. The number of fused-ring (bicyclic) bond motifs is 1. The summed E-state index contributed by atoms with van der Waals surface area (Å²) in [7, 11) is 0. The number of aromatic hydroxyl groups is 1. The van der Waals surface area contributed by atoms with E-state index in [2.05, 4.69) is 0 Å². The van der Waals surface area contributed by atoms with Crippen molar-refractivity contribution >= 4 is 11.0 Å². The van der Waals surface area contributed by atoms with Gasteiger partial charge in [-0.15, -0.1) is 0 Å². The van der Waals surface area contributed by atoms with E-state index >= 15 is 0 Å². The van der Waals surface area contributed by atoms with Crippen LogP contribution >= 0.6 is 0 Å². The summed E-state index contributed by atoms with van der Waals surface area (Å²) >= 11 is 0. The molecule has 3 aromatic carbocycles. The van der Waals surface area contributed by atoms with Crippen LogP contribution in [0.4, 0.5) is 0 Å². The van der Waals surface area contributed by atoms with Gasteiger partial charge >= 0.3 is 5.63 Å². The molecular weight excluding hydrogens is 328 g/mol. The molecule has 0 aliphatic rings. The molecule has 1 aromatic heterocycles. The maximum absolute atomic E-state index is 12.4. The van der Waals surface area contributed by atoms with Gasteiger partial charge in [-0.05, 0) is 23.3 Å². The highest BCUT2D eigenvalue weighted by molar-refractivity contribution is 5.90. The third-order valence-corrected chi connectivity index (χ3v) is 4.16. The first-order chi connectivity index (χ1) is 12.7. The molecule has 0 saturated carbocycles. The second-order valence-electron chi connectivity index (χ2n) is 5.91. The Hall–Kier alpha value is -3.53. The maximum atomic E-state index is 12.4.